The molecule has 1 amide bonds. The van der Waals surface area contributed by atoms with Crippen LogP contribution in [0.3, 0.4) is 0 Å². The van der Waals surface area contributed by atoms with Crippen molar-refractivity contribution in [3.8, 4) is 5.75 Å². The summed E-state index contributed by atoms with van der Waals surface area (Å²) in [5, 5.41) is 14.6. The van der Waals surface area contributed by atoms with E-state index in [2.05, 4.69) is 5.32 Å². The highest BCUT2D eigenvalue weighted by Crippen LogP contribution is 2.22. The third-order valence-electron chi connectivity index (χ3n) is 3.36. The Labute approximate surface area is 122 Å². The molecule has 3 rings (SSSR count). The summed E-state index contributed by atoms with van der Waals surface area (Å²) >= 11 is 0. The molecule has 0 atom stereocenters. The first-order valence-electron chi connectivity index (χ1n) is 6.78. The van der Waals surface area contributed by atoms with Crippen LogP contribution in [0.1, 0.15) is 5.56 Å². The zero-order chi connectivity index (χ0) is 14.7. The van der Waals surface area contributed by atoms with Crippen LogP contribution in [-0.2, 0) is 11.2 Å². The molecule has 0 unspecified atom stereocenters. The smallest absolute Gasteiger partial charge is 0.228 e. The van der Waals surface area contributed by atoms with Gasteiger partial charge in [-0.2, -0.15) is 0 Å². The Bertz CT molecular complexity index is 796. The van der Waals surface area contributed by atoms with Crippen LogP contribution in [0, 0.1) is 0 Å². The van der Waals surface area contributed by atoms with Gasteiger partial charge in [0, 0.05) is 0 Å². The molecule has 3 heteroatoms. The fourth-order valence-corrected chi connectivity index (χ4v) is 2.31. The molecule has 0 saturated heterocycles. The highest BCUT2D eigenvalue weighted by Gasteiger charge is 2.07. The average Bonchev–Trinajstić information content (AvgIpc) is 2.49. The van der Waals surface area contributed by atoms with Gasteiger partial charge >= 0.3 is 0 Å². The Morgan fingerprint density at radius 2 is 1.62 bits per heavy atom. The number of anilines is 1. The molecule has 104 valence electrons. The Hall–Kier alpha value is -2.81. The van der Waals surface area contributed by atoms with Gasteiger partial charge in [0.15, 0.2) is 0 Å². The number of fused-ring (bicyclic) bond motifs is 1. The molecular weight excluding hydrogens is 262 g/mol. The number of hydrogen-bond acceptors (Lipinski definition) is 2. The third kappa shape index (κ3) is 3.03. The molecule has 0 fully saturated rings. The molecular formula is C18H15NO2. The number of phenols is 1. The Kier molecular flexibility index (Phi) is 3.56. The number of para-hydroxylation sites is 2. The fourth-order valence-electron chi connectivity index (χ4n) is 2.31. The van der Waals surface area contributed by atoms with Gasteiger partial charge in [0.1, 0.15) is 5.75 Å². The molecule has 0 aliphatic rings. The van der Waals surface area contributed by atoms with Crippen molar-refractivity contribution in [2.45, 2.75) is 6.42 Å². The molecule has 0 radical (unpaired) electrons. The standard InChI is InChI=1S/C18H15NO2/c20-17-8-4-3-7-16(17)19-18(21)12-13-9-10-14-5-1-2-6-15(14)11-13/h1-11,20H,12H2,(H,19,21). The Morgan fingerprint density at radius 3 is 2.43 bits per heavy atom. The van der Waals surface area contributed by atoms with Gasteiger partial charge in [0.05, 0.1) is 12.1 Å². The van der Waals surface area contributed by atoms with E-state index in [0.717, 1.165) is 16.3 Å². The van der Waals surface area contributed by atoms with E-state index in [9.17, 15) is 9.90 Å². The van der Waals surface area contributed by atoms with Crippen molar-refractivity contribution in [2.75, 3.05) is 5.32 Å². The maximum atomic E-state index is 12.0. The van der Waals surface area contributed by atoms with Crippen molar-refractivity contribution >= 4 is 22.4 Å². The lowest BCUT2D eigenvalue weighted by atomic mass is 10.0. The molecule has 2 N–H and O–H groups in total. The highest BCUT2D eigenvalue weighted by atomic mass is 16.3. The Balaban J connectivity index is 1.75. The van der Waals surface area contributed by atoms with E-state index in [1.54, 1.807) is 24.3 Å². The maximum absolute atomic E-state index is 12.0. The van der Waals surface area contributed by atoms with Crippen molar-refractivity contribution in [1.29, 1.82) is 0 Å². The fraction of sp³-hybridized carbons (Fsp3) is 0.0556. The first kappa shape index (κ1) is 13.2. The maximum Gasteiger partial charge on any atom is 0.228 e. The van der Waals surface area contributed by atoms with Crippen LogP contribution < -0.4 is 5.32 Å². The first-order chi connectivity index (χ1) is 10.2. The van der Waals surface area contributed by atoms with Crippen LogP contribution in [0.2, 0.25) is 0 Å². The molecule has 3 aromatic carbocycles. The summed E-state index contributed by atoms with van der Waals surface area (Å²) in [6.07, 6.45) is 0.277. The highest BCUT2D eigenvalue weighted by molar-refractivity contribution is 5.94. The summed E-state index contributed by atoms with van der Waals surface area (Å²) in [4.78, 5) is 12.0. The van der Waals surface area contributed by atoms with E-state index in [0.29, 0.717) is 5.69 Å². The van der Waals surface area contributed by atoms with Gasteiger partial charge in [-0.05, 0) is 28.5 Å². The summed E-state index contributed by atoms with van der Waals surface area (Å²) in [7, 11) is 0. The predicted molar refractivity (Wildman–Crippen MR) is 84.4 cm³/mol. The van der Waals surface area contributed by atoms with Crippen molar-refractivity contribution in [2.24, 2.45) is 0 Å². The first-order valence-corrected chi connectivity index (χ1v) is 6.78. The summed E-state index contributed by atoms with van der Waals surface area (Å²) < 4.78 is 0. The van der Waals surface area contributed by atoms with E-state index in [1.165, 1.54) is 0 Å². The van der Waals surface area contributed by atoms with Gasteiger partial charge in [-0.15, -0.1) is 0 Å². The number of nitrogens with one attached hydrogen (secondary N) is 1. The third-order valence-corrected chi connectivity index (χ3v) is 3.36. The monoisotopic (exact) mass is 277 g/mol. The minimum atomic E-state index is -0.146. The van der Waals surface area contributed by atoms with Gasteiger partial charge in [-0.1, -0.05) is 54.6 Å². The van der Waals surface area contributed by atoms with Crippen molar-refractivity contribution in [3.05, 3.63) is 72.3 Å². The molecule has 3 nitrogen and oxygen atoms in total. The largest absolute Gasteiger partial charge is 0.506 e. The molecule has 0 bridgehead atoms. The molecule has 0 aromatic heterocycles. The van der Waals surface area contributed by atoms with Crippen LogP contribution in [-0.4, -0.2) is 11.0 Å². The van der Waals surface area contributed by atoms with Crippen LogP contribution in [0.25, 0.3) is 10.8 Å². The van der Waals surface area contributed by atoms with Gasteiger partial charge in [-0.25, -0.2) is 0 Å². The molecule has 0 spiro atoms. The van der Waals surface area contributed by atoms with Gasteiger partial charge in [0.25, 0.3) is 0 Å². The average molecular weight is 277 g/mol. The zero-order valence-electron chi connectivity index (χ0n) is 11.4. The van der Waals surface area contributed by atoms with Crippen LogP contribution in [0.5, 0.6) is 5.75 Å². The molecule has 0 saturated carbocycles. The number of carbonyl (C=O) groups is 1. The van der Waals surface area contributed by atoms with Gasteiger partial charge in [0.2, 0.25) is 5.91 Å². The normalized spacial score (nSPS) is 10.5. The number of benzene rings is 3. The van der Waals surface area contributed by atoms with Crippen LogP contribution in [0.15, 0.2) is 66.7 Å². The second-order valence-corrected chi connectivity index (χ2v) is 4.92. The Morgan fingerprint density at radius 1 is 0.905 bits per heavy atom. The van der Waals surface area contributed by atoms with Crippen LogP contribution in [0.4, 0.5) is 5.69 Å². The van der Waals surface area contributed by atoms with Crippen molar-refractivity contribution in [3.63, 3.8) is 0 Å². The van der Waals surface area contributed by atoms with Gasteiger partial charge < -0.3 is 10.4 Å². The molecule has 0 aliphatic heterocycles. The molecule has 21 heavy (non-hydrogen) atoms. The van der Waals surface area contributed by atoms with Crippen molar-refractivity contribution in [1.82, 2.24) is 0 Å². The lowest BCUT2D eigenvalue weighted by Gasteiger charge is -2.07. The predicted octanol–water partition coefficient (Wildman–Crippen LogP) is 3.73. The van der Waals surface area contributed by atoms with E-state index in [1.807, 2.05) is 42.5 Å². The summed E-state index contributed by atoms with van der Waals surface area (Å²) in [5.74, 6) is -0.0730. The minimum absolute atomic E-state index is 0.0735. The lowest BCUT2D eigenvalue weighted by Crippen LogP contribution is -2.14. The zero-order valence-corrected chi connectivity index (χ0v) is 11.4. The lowest BCUT2D eigenvalue weighted by molar-refractivity contribution is -0.115. The molecule has 0 heterocycles. The van der Waals surface area contributed by atoms with Crippen LogP contribution >= 0.6 is 0 Å². The number of rotatable bonds is 3. The SMILES string of the molecule is O=C(Cc1ccc2ccccc2c1)Nc1ccccc1O. The quantitative estimate of drug-likeness (QED) is 0.717. The van der Waals surface area contributed by atoms with E-state index < -0.39 is 0 Å². The second-order valence-electron chi connectivity index (χ2n) is 4.92. The number of phenolic OH excluding ortho intramolecular Hbond substituents is 1. The molecule has 3 aromatic rings. The topological polar surface area (TPSA) is 49.3 Å². The van der Waals surface area contributed by atoms with Crippen molar-refractivity contribution < 1.29 is 9.90 Å². The number of amides is 1. The van der Waals surface area contributed by atoms with E-state index in [-0.39, 0.29) is 18.1 Å². The summed E-state index contributed by atoms with van der Waals surface area (Å²) in [6.45, 7) is 0. The number of hydrogen-bond donors (Lipinski definition) is 2. The molecule has 0 aliphatic carbocycles. The minimum Gasteiger partial charge on any atom is -0.506 e. The van der Waals surface area contributed by atoms with Gasteiger partial charge in [-0.3, -0.25) is 4.79 Å². The number of aromatic hydroxyl groups is 1. The summed E-state index contributed by atoms with van der Waals surface area (Å²) in [5.41, 5.74) is 1.38. The number of carbonyl (C=O) groups excluding carboxylic acids is 1. The second kappa shape index (κ2) is 5.67. The van der Waals surface area contributed by atoms with E-state index in [4.69, 9.17) is 0 Å². The summed E-state index contributed by atoms with van der Waals surface area (Å²) in [6, 6.07) is 20.7. The van der Waals surface area contributed by atoms with E-state index >= 15 is 0 Å².